The average Bonchev–Trinajstić information content (AvgIpc) is 3.71. The fraction of sp³-hybridized carbons (Fsp3) is 0.314. The predicted octanol–water partition coefficient (Wildman–Crippen LogP) is 15.0. The molecular formula is C51H53Br2N2+. The Balaban J connectivity index is 1.20. The summed E-state index contributed by atoms with van der Waals surface area (Å²) in [5.74, 6) is 0. The molecule has 0 saturated heterocycles. The summed E-state index contributed by atoms with van der Waals surface area (Å²) in [6, 6.07) is 31.7. The lowest BCUT2D eigenvalue weighted by molar-refractivity contribution is -0.438. The van der Waals surface area contributed by atoms with Crippen LogP contribution in [0, 0.1) is 0 Å². The molecule has 0 saturated carbocycles. The van der Waals surface area contributed by atoms with E-state index in [-0.39, 0.29) is 10.8 Å². The number of benzene rings is 5. The van der Waals surface area contributed by atoms with Gasteiger partial charge in [-0.1, -0.05) is 127 Å². The summed E-state index contributed by atoms with van der Waals surface area (Å²) >= 11 is 7.42. The second-order valence-corrected chi connectivity index (χ2v) is 18.5. The van der Waals surface area contributed by atoms with E-state index >= 15 is 0 Å². The van der Waals surface area contributed by atoms with E-state index in [2.05, 4.69) is 198 Å². The lowest BCUT2D eigenvalue weighted by Gasteiger charge is -2.27. The van der Waals surface area contributed by atoms with Crippen LogP contribution in [0.1, 0.15) is 102 Å². The van der Waals surface area contributed by atoms with Gasteiger partial charge in [0.25, 0.3) is 0 Å². The number of hydrogen-bond donors (Lipinski definition) is 0. The van der Waals surface area contributed by atoms with Crippen molar-refractivity contribution in [1.29, 1.82) is 0 Å². The number of unbranched alkanes of at least 4 members (excludes halogenated alkanes) is 4. The molecule has 55 heavy (non-hydrogen) atoms. The van der Waals surface area contributed by atoms with Gasteiger partial charge in [-0.3, -0.25) is 0 Å². The third-order valence-corrected chi connectivity index (χ3v) is 13.3. The van der Waals surface area contributed by atoms with Crippen LogP contribution in [-0.2, 0) is 10.8 Å². The first-order chi connectivity index (χ1) is 26.5. The molecule has 3 aliphatic rings. The second-order valence-electron chi connectivity index (χ2n) is 16.7. The third-order valence-electron chi connectivity index (χ3n) is 12.3. The Morgan fingerprint density at radius 3 is 2.02 bits per heavy atom. The molecular weight excluding hydrogens is 800 g/mol. The van der Waals surface area contributed by atoms with Crippen LogP contribution in [0.25, 0.3) is 32.7 Å². The van der Waals surface area contributed by atoms with Gasteiger partial charge in [0.15, 0.2) is 5.71 Å². The summed E-state index contributed by atoms with van der Waals surface area (Å²) < 4.78 is 4.86. The van der Waals surface area contributed by atoms with Crippen molar-refractivity contribution in [3.63, 3.8) is 0 Å². The van der Waals surface area contributed by atoms with Crippen LogP contribution in [0.3, 0.4) is 0 Å². The molecule has 4 heteroatoms. The van der Waals surface area contributed by atoms with E-state index in [1.807, 2.05) is 0 Å². The highest BCUT2D eigenvalue weighted by atomic mass is 79.9. The minimum Gasteiger partial charge on any atom is -0.344 e. The second kappa shape index (κ2) is 15.2. The van der Waals surface area contributed by atoms with Crippen molar-refractivity contribution in [3.8, 4) is 0 Å². The number of rotatable bonds is 11. The monoisotopic (exact) mass is 851 g/mol. The Kier molecular flexibility index (Phi) is 10.5. The Bertz CT molecular complexity index is 2490. The smallest absolute Gasteiger partial charge is 0.210 e. The molecule has 0 aromatic heterocycles. The van der Waals surface area contributed by atoms with Crippen molar-refractivity contribution >= 4 is 81.6 Å². The fourth-order valence-corrected chi connectivity index (χ4v) is 10.3. The normalized spacial score (nSPS) is 18.3. The Morgan fingerprint density at radius 1 is 0.655 bits per heavy atom. The van der Waals surface area contributed by atoms with Crippen LogP contribution >= 0.6 is 31.9 Å². The van der Waals surface area contributed by atoms with Crippen molar-refractivity contribution in [2.24, 2.45) is 0 Å². The van der Waals surface area contributed by atoms with Gasteiger partial charge in [0, 0.05) is 56.4 Å². The molecule has 280 valence electrons. The molecule has 0 radical (unpaired) electrons. The van der Waals surface area contributed by atoms with Crippen molar-refractivity contribution in [2.45, 2.75) is 90.9 Å². The lowest BCUT2D eigenvalue weighted by Crippen LogP contribution is -2.28. The molecule has 0 atom stereocenters. The van der Waals surface area contributed by atoms with Crippen molar-refractivity contribution in [1.82, 2.24) is 0 Å². The van der Waals surface area contributed by atoms with Gasteiger partial charge < -0.3 is 4.90 Å². The zero-order valence-corrected chi connectivity index (χ0v) is 36.4. The zero-order chi connectivity index (χ0) is 38.5. The van der Waals surface area contributed by atoms with E-state index in [9.17, 15) is 0 Å². The first-order valence-electron chi connectivity index (χ1n) is 20.3. The number of fused-ring (bicyclic) bond motifs is 7. The highest BCUT2D eigenvalue weighted by Crippen LogP contribution is 2.52. The average molecular weight is 854 g/mol. The number of halogens is 2. The van der Waals surface area contributed by atoms with Gasteiger partial charge >= 0.3 is 0 Å². The molecule has 0 N–H and O–H groups in total. The van der Waals surface area contributed by atoms with Crippen LogP contribution < -0.4 is 4.90 Å². The van der Waals surface area contributed by atoms with E-state index in [4.69, 9.17) is 0 Å². The maximum atomic E-state index is 3.71. The van der Waals surface area contributed by atoms with E-state index in [0.717, 1.165) is 22.0 Å². The topological polar surface area (TPSA) is 6.25 Å². The van der Waals surface area contributed by atoms with Crippen LogP contribution in [0.15, 0.2) is 130 Å². The highest BCUT2D eigenvalue weighted by molar-refractivity contribution is 9.10. The maximum absolute atomic E-state index is 3.71. The van der Waals surface area contributed by atoms with E-state index in [0.29, 0.717) is 0 Å². The molecule has 0 amide bonds. The van der Waals surface area contributed by atoms with Gasteiger partial charge in [-0.05, 0) is 131 Å². The van der Waals surface area contributed by atoms with Gasteiger partial charge in [-0.25, -0.2) is 0 Å². The highest BCUT2D eigenvalue weighted by Gasteiger charge is 2.45. The molecule has 2 heterocycles. The zero-order valence-electron chi connectivity index (χ0n) is 33.3. The molecule has 0 unspecified atom stereocenters. The number of nitrogens with zero attached hydrogens (tertiary/aromatic N) is 2. The lowest BCUT2D eigenvalue weighted by atomic mass is 9.79. The molecule has 0 fully saturated rings. The molecule has 2 nitrogen and oxygen atoms in total. The first-order valence-corrected chi connectivity index (χ1v) is 21.9. The molecule has 1 aliphatic carbocycles. The largest absolute Gasteiger partial charge is 0.344 e. The van der Waals surface area contributed by atoms with Crippen LogP contribution in [0.4, 0.5) is 11.4 Å². The predicted molar refractivity (Wildman–Crippen MR) is 245 cm³/mol. The summed E-state index contributed by atoms with van der Waals surface area (Å²) in [5.41, 5.74) is 13.2. The van der Waals surface area contributed by atoms with Crippen molar-refractivity contribution in [3.05, 3.63) is 152 Å². The van der Waals surface area contributed by atoms with E-state index in [1.54, 1.807) is 0 Å². The SMILES string of the molecule is CCCCCN1/C(=C/C=C2C=C(/C=C/C3=[N+](CCCCC)c4ccc5cc(Br)ccc5c4C3(C)C)c3ccccc3/2)C(C)(C)c2c1ccc1cc(Br)ccc21. The summed E-state index contributed by atoms with van der Waals surface area (Å²) in [6.45, 7) is 16.3. The van der Waals surface area contributed by atoms with Crippen molar-refractivity contribution in [2.75, 3.05) is 18.0 Å². The standard InChI is InChI=1S/C51H53Br2N2/c1-7-9-13-29-54-44-25-17-36-32-38(52)21-23-42(36)48(44)50(3,4)46(54)27-19-34-31-35(41-16-12-11-15-40(34)41)20-28-47-51(5,6)49-43-24-22-39(53)33-37(43)18-26-45(49)55(47)30-14-10-8-2/h11-12,15-28,31-33H,7-10,13-14,29-30H2,1-6H3/q+1. The molecule has 2 aliphatic heterocycles. The van der Waals surface area contributed by atoms with Gasteiger partial charge in [0.1, 0.15) is 6.54 Å². The Labute approximate surface area is 345 Å². The van der Waals surface area contributed by atoms with Crippen LogP contribution in [0.2, 0.25) is 0 Å². The van der Waals surface area contributed by atoms with Gasteiger partial charge in [-0.15, -0.1) is 0 Å². The van der Waals surface area contributed by atoms with E-state index in [1.165, 1.54) is 116 Å². The van der Waals surface area contributed by atoms with Crippen LogP contribution in [-0.4, -0.2) is 23.4 Å². The molecule has 0 bridgehead atoms. The molecule has 8 rings (SSSR count). The third kappa shape index (κ3) is 6.72. The quantitative estimate of drug-likeness (QED) is 0.0948. The van der Waals surface area contributed by atoms with Crippen LogP contribution in [0.5, 0.6) is 0 Å². The molecule has 0 spiro atoms. The first kappa shape index (κ1) is 37.9. The number of allylic oxidation sites excluding steroid dienone is 8. The summed E-state index contributed by atoms with van der Waals surface area (Å²) in [4.78, 5) is 2.61. The maximum Gasteiger partial charge on any atom is 0.210 e. The number of hydrogen-bond acceptors (Lipinski definition) is 1. The van der Waals surface area contributed by atoms with Gasteiger partial charge in [0.2, 0.25) is 5.69 Å². The van der Waals surface area contributed by atoms with Gasteiger partial charge in [0.05, 0.1) is 5.41 Å². The minimum absolute atomic E-state index is 0.141. The minimum atomic E-state index is -0.141. The Morgan fingerprint density at radius 2 is 1.31 bits per heavy atom. The molecule has 5 aromatic carbocycles. The van der Waals surface area contributed by atoms with Crippen molar-refractivity contribution < 1.29 is 4.58 Å². The molecule has 5 aromatic rings. The summed E-state index contributed by atoms with van der Waals surface area (Å²) in [5, 5.41) is 5.27. The van der Waals surface area contributed by atoms with Gasteiger partial charge in [-0.2, -0.15) is 4.58 Å². The fourth-order valence-electron chi connectivity index (χ4n) is 9.57. The Hall–Kier alpha value is -3.99. The summed E-state index contributed by atoms with van der Waals surface area (Å²) in [6.07, 6.45) is 19.3. The number of anilines is 1. The van der Waals surface area contributed by atoms with E-state index < -0.39 is 0 Å². The summed E-state index contributed by atoms with van der Waals surface area (Å²) in [7, 11) is 0.